The standard InChI is InChI=1S/C20H15F2N5O/c21-15-5-6-18(17(22)10-15)27-20(26-8-1-2-9-26)16(13-25-27)19(28)24-12-14-4-3-7-23-11-14/h1-11,13H,12H2,(H,24,28). The molecule has 4 aromatic rings. The largest absolute Gasteiger partial charge is 0.348 e. The van der Waals surface area contributed by atoms with E-state index in [9.17, 15) is 13.6 Å². The molecule has 0 bridgehead atoms. The molecule has 0 unspecified atom stereocenters. The molecule has 0 saturated carbocycles. The van der Waals surface area contributed by atoms with Gasteiger partial charge in [-0.15, -0.1) is 0 Å². The maximum atomic E-state index is 14.3. The fraction of sp³-hybridized carbons (Fsp3) is 0.0500. The van der Waals surface area contributed by atoms with Gasteiger partial charge < -0.3 is 9.88 Å². The Morgan fingerprint density at radius 1 is 1.07 bits per heavy atom. The van der Waals surface area contributed by atoms with Crippen LogP contribution in [0, 0.1) is 11.6 Å². The number of nitrogens with one attached hydrogen (secondary N) is 1. The second-order valence-electron chi connectivity index (χ2n) is 6.02. The molecule has 0 radical (unpaired) electrons. The summed E-state index contributed by atoms with van der Waals surface area (Å²) in [6, 6.07) is 10.4. The highest BCUT2D eigenvalue weighted by atomic mass is 19.1. The van der Waals surface area contributed by atoms with E-state index in [1.54, 1.807) is 47.6 Å². The molecule has 0 saturated heterocycles. The van der Waals surface area contributed by atoms with Gasteiger partial charge in [-0.25, -0.2) is 13.5 Å². The highest BCUT2D eigenvalue weighted by molar-refractivity contribution is 5.97. The summed E-state index contributed by atoms with van der Waals surface area (Å²) in [4.78, 5) is 16.8. The molecule has 4 rings (SSSR count). The van der Waals surface area contributed by atoms with Gasteiger partial charge in [-0.2, -0.15) is 5.10 Å². The number of rotatable bonds is 5. The highest BCUT2D eigenvalue weighted by Crippen LogP contribution is 2.22. The number of hydrogen-bond acceptors (Lipinski definition) is 3. The minimum atomic E-state index is -0.779. The SMILES string of the molecule is O=C(NCc1cccnc1)c1cnn(-c2ccc(F)cc2F)c1-n1cccc1. The second kappa shape index (κ2) is 7.43. The summed E-state index contributed by atoms with van der Waals surface area (Å²) in [5.41, 5.74) is 1.13. The van der Waals surface area contributed by atoms with Crippen molar-refractivity contribution in [2.45, 2.75) is 6.54 Å². The molecule has 6 nitrogen and oxygen atoms in total. The molecule has 140 valence electrons. The maximum absolute atomic E-state index is 14.3. The first-order chi connectivity index (χ1) is 13.6. The Labute approximate surface area is 159 Å². The van der Waals surface area contributed by atoms with E-state index in [2.05, 4.69) is 15.4 Å². The van der Waals surface area contributed by atoms with Crippen molar-refractivity contribution in [1.82, 2.24) is 24.6 Å². The lowest BCUT2D eigenvalue weighted by Crippen LogP contribution is -2.24. The van der Waals surface area contributed by atoms with Crippen molar-refractivity contribution >= 4 is 5.91 Å². The van der Waals surface area contributed by atoms with E-state index in [4.69, 9.17) is 0 Å². The third-order valence-electron chi connectivity index (χ3n) is 4.15. The second-order valence-corrected chi connectivity index (χ2v) is 6.02. The Bertz CT molecular complexity index is 1110. The summed E-state index contributed by atoms with van der Waals surface area (Å²) in [6.45, 7) is 0.286. The van der Waals surface area contributed by atoms with E-state index >= 15 is 0 Å². The van der Waals surface area contributed by atoms with E-state index in [1.807, 2.05) is 6.07 Å². The molecule has 8 heteroatoms. The van der Waals surface area contributed by atoms with Crippen molar-refractivity contribution in [3.05, 3.63) is 96.2 Å². The number of halogens is 2. The molecule has 0 fully saturated rings. The van der Waals surface area contributed by atoms with Crippen LogP contribution in [-0.2, 0) is 6.54 Å². The first kappa shape index (κ1) is 17.6. The van der Waals surface area contributed by atoms with Crippen LogP contribution in [0.1, 0.15) is 15.9 Å². The molecule has 0 aliphatic rings. The number of amides is 1. The van der Waals surface area contributed by atoms with E-state index in [-0.39, 0.29) is 23.7 Å². The van der Waals surface area contributed by atoms with Crippen LogP contribution in [0.5, 0.6) is 0 Å². The summed E-state index contributed by atoms with van der Waals surface area (Å²) in [5, 5.41) is 6.98. The smallest absolute Gasteiger partial charge is 0.256 e. The number of nitrogens with zero attached hydrogens (tertiary/aromatic N) is 4. The van der Waals surface area contributed by atoms with Gasteiger partial charge in [0.1, 0.15) is 17.1 Å². The quantitative estimate of drug-likeness (QED) is 0.579. The Kier molecular flexibility index (Phi) is 4.67. The van der Waals surface area contributed by atoms with Crippen LogP contribution in [0.2, 0.25) is 0 Å². The molecule has 0 spiro atoms. The van der Waals surface area contributed by atoms with Crippen molar-refractivity contribution in [3.63, 3.8) is 0 Å². The van der Waals surface area contributed by atoms with Gasteiger partial charge >= 0.3 is 0 Å². The number of benzene rings is 1. The predicted molar refractivity (Wildman–Crippen MR) is 98.2 cm³/mol. The van der Waals surface area contributed by atoms with Crippen LogP contribution in [-0.4, -0.2) is 25.2 Å². The number of pyridine rings is 1. The first-order valence-electron chi connectivity index (χ1n) is 8.47. The average molecular weight is 379 g/mol. The van der Waals surface area contributed by atoms with Gasteiger partial charge in [-0.1, -0.05) is 6.07 Å². The van der Waals surface area contributed by atoms with Gasteiger partial charge in [0, 0.05) is 37.4 Å². The molecule has 3 aromatic heterocycles. The van der Waals surface area contributed by atoms with Gasteiger partial charge in [0.2, 0.25) is 0 Å². The summed E-state index contributed by atoms with van der Waals surface area (Å²) >= 11 is 0. The van der Waals surface area contributed by atoms with Gasteiger partial charge in [0.05, 0.1) is 6.20 Å². The summed E-state index contributed by atoms with van der Waals surface area (Å²) < 4.78 is 30.5. The van der Waals surface area contributed by atoms with Crippen molar-refractivity contribution in [1.29, 1.82) is 0 Å². The Hall–Kier alpha value is -3.81. The van der Waals surface area contributed by atoms with Crippen LogP contribution in [0.15, 0.2) is 73.4 Å². The monoisotopic (exact) mass is 379 g/mol. The average Bonchev–Trinajstić information content (AvgIpc) is 3.36. The zero-order valence-electron chi connectivity index (χ0n) is 14.6. The first-order valence-corrected chi connectivity index (χ1v) is 8.47. The van der Waals surface area contributed by atoms with Crippen molar-refractivity contribution in [2.24, 2.45) is 0 Å². The third kappa shape index (κ3) is 3.39. The molecular weight excluding hydrogens is 364 g/mol. The van der Waals surface area contributed by atoms with E-state index in [0.717, 1.165) is 17.7 Å². The number of carbonyl (C=O) groups excluding carboxylic acids is 1. The van der Waals surface area contributed by atoms with Gasteiger partial charge in [0.15, 0.2) is 11.6 Å². The van der Waals surface area contributed by atoms with Gasteiger partial charge in [-0.3, -0.25) is 9.78 Å². The Balaban J connectivity index is 1.72. The van der Waals surface area contributed by atoms with Crippen LogP contribution < -0.4 is 5.32 Å². The van der Waals surface area contributed by atoms with E-state index < -0.39 is 11.6 Å². The lowest BCUT2D eigenvalue weighted by atomic mass is 10.2. The zero-order chi connectivity index (χ0) is 19.5. The number of aromatic nitrogens is 4. The molecule has 1 N–H and O–H groups in total. The lowest BCUT2D eigenvalue weighted by Gasteiger charge is -2.12. The zero-order valence-corrected chi connectivity index (χ0v) is 14.6. The van der Waals surface area contributed by atoms with Gasteiger partial charge in [-0.05, 0) is 35.9 Å². The van der Waals surface area contributed by atoms with Crippen LogP contribution in [0.25, 0.3) is 11.5 Å². The molecule has 0 aliphatic carbocycles. The van der Waals surface area contributed by atoms with Crippen LogP contribution in [0.4, 0.5) is 8.78 Å². The topological polar surface area (TPSA) is 64.7 Å². The van der Waals surface area contributed by atoms with Crippen LogP contribution in [0.3, 0.4) is 0 Å². The number of hydrogen-bond donors (Lipinski definition) is 1. The summed E-state index contributed by atoms with van der Waals surface area (Å²) in [7, 11) is 0. The van der Waals surface area contributed by atoms with Crippen molar-refractivity contribution < 1.29 is 13.6 Å². The van der Waals surface area contributed by atoms with Crippen molar-refractivity contribution in [2.75, 3.05) is 0 Å². The van der Waals surface area contributed by atoms with Gasteiger partial charge in [0.25, 0.3) is 5.91 Å². The summed E-state index contributed by atoms with van der Waals surface area (Å²) in [5.74, 6) is -1.50. The highest BCUT2D eigenvalue weighted by Gasteiger charge is 2.21. The Morgan fingerprint density at radius 3 is 2.61 bits per heavy atom. The molecule has 1 amide bonds. The fourth-order valence-electron chi connectivity index (χ4n) is 2.84. The van der Waals surface area contributed by atoms with E-state index in [0.29, 0.717) is 5.82 Å². The predicted octanol–water partition coefficient (Wildman–Crippen LogP) is 3.27. The van der Waals surface area contributed by atoms with Crippen LogP contribution >= 0.6 is 0 Å². The molecule has 0 aliphatic heterocycles. The maximum Gasteiger partial charge on any atom is 0.256 e. The fourth-order valence-corrected chi connectivity index (χ4v) is 2.84. The minimum Gasteiger partial charge on any atom is -0.348 e. The molecule has 0 atom stereocenters. The molecule has 3 heterocycles. The molecule has 28 heavy (non-hydrogen) atoms. The number of carbonyl (C=O) groups is 1. The van der Waals surface area contributed by atoms with Crippen molar-refractivity contribution in [3.8, 4) is 11.5 Å². The lowest BCUT2D eigenvalue weighted by molar-refractivity contribution is 0.0951. The normalized spacial score (nSPS) is 10.8. The Morgan fingerprint density at radius 2 is 1.89 bits per heavy atom. The molecular formula is C20H15F2N5O. The molecule has 1 aromatic carbocycles. The third-order valence-corrected chi connectivity index (χ3v) is 4.15. The summed E-state index contributed by atoms with van der Waals surface area (Å²) in [6.07, 6.45) is 8.09. The minimum absolute atomic E-state index is 0.0383. The van der Waals surface area contributed by atoms with E-state index in [1.165, 1.54) is 16.9 Å².